The molecule has 4 aromatic heterocycles. The van der Waals surface area contributed by atoms with Gasteiger partial charge in [-0.1, -0.05) is 206 Å². The van der Waals surface area contributed by atoms with Gasteiger partial charge >= 0.3 is 0 Å². The van der Waals surface area contributed by atoms with Crippen molar-refractivity contribution < 1.29 is 0 Å². The first kappa shape index (κ1) is 42.2. The Morgan fingerprint density at radius 3 is 1.38 bits per heavy atom. The molecule has 0 bridgehead atoms. The normalized spacial score (nSPS) is 11.8. The lowest BCUT2D eigenvalue weighted by Crippen LogP contribution is -2.09. The van der Waals surface area contributed by atoms with Gasteiger partial charge in [-0.3, -0.25) is 0 Å². The van der Waals surface area contributed by atoms with Crippen LogP contribution >= 0.6 is 22.7 Å². The van der Waals surface area contributed by atoms with Crippen LogP contribution in [-0.2, 0) is 0 Å². The summed E-state index contributed by atoms with van der Waals surface area (Å²) in [5.41, 5.74) is 13.9. The molecule has 74 heavy (non-hydrogen) atoms. The molecule has 342 valence electrons. The number of para-hydroxylation sites is 1. The number of benzene rings is 11. The smallest absolute Gasteiger partial charge is 0.220 e. The van der Waals surface area contributed by atoms with Crippen LogP contribution in [0.3, 0.4) is 0 Å². The maximum Gasteiger partial charge on any atom is 0.220 e. The SMILES string of the molecule is [C-]#[N+]c1c(-c2ccccc2)c(C#N)c(-n2c3c(ccc4c5ccccc5sc43)c3ccc4c5ccccc5sc4c32)c(-c2ccccc2)c1-n1c2ccccc2c2c(-c3ccccc3)c(-c3ccccc3)ccc21. The number of thiophene rings is 2. The van der Waals surface area contributed by atoms with E-state index in [1.54, 1.807) is 22.7 Å². The highest BCUT2D eigenvalue weighted by atomic mass is 32.1. The van der Waals surface area contributed by atoms with Crippen molar-refractivity contribution in [2.24, 2.45) is 0 Å². The van der Waals surface area contributed by atoms with E-state index < -0.39 is 0 Å². The first-order valence-corrected chi connectivity index (χ1v) is 26.3. The molecule has 15 aromatic rings. The molecule has 0 radical (unpaired) electrons. The molecule has 15 rings (SSSR count). The van der Waals surface area contributed by atoms with Gasteiger partial charge in [0.05, 0.1) is 55.0 Å². The van der Waals surface area contributed by atoms with E-state index in [4.69, 9.17) is 0 Å². The molecule has 0 N–H and O–H groups in total. The van der Waals surface area contributed by atoms with Gasteiger partial charge in [-0.25, -0.2) is 4.85 Å². The van der Waals surface area contributed by atoms with Crippen molar-refractivity contribution in [1.82, 2.24) is 9.13 Å². The summed E-state index contributed by atoms with van der Waals surface area (Å²) >= 11 is 3.60. The van der Waals surface area contributed by atoms with Crippen molar-refractivity contribution in [1.29, 1.82) is 5.26 Å². The summed E-state index contributed by atoms with van der Waals surface area (Å²) in [6.45, 7) is 9.49. The zero-order valence-electron chi connectivity index (χ0n) is 39.5. The Morgan fingerprint density at radius 2 is 0.838 bits per heavy atom. The van der Waals surface area contributed by atoms with Gasteiger partial charge in [-0.05, 0) is 57.6 Å². The molecule has 6 heteroatoms. The van der Waals surface area contributed by atoms with Gasteiger partial charge in [-0.15, -0.1) is 22.7 Å². The summed E-state index contributed by atoms with van der Waals surface area (Å²) < 4.78 is 9.48. The average molecular weight is 975 g/mol. The lowest BCUT2D eigenvalue weighted by molar-refractivity contribution is 1.14. The second-order valence-electron chi connectivity index (χ2n) is 18.8. The number of fused-ring (bicyclic) bond motifs is 14. The largest absolute Gasteiger partial charge is 0.318 e. The molecule has 4 nitrogen and oxygen atoms in total. The highest BCUT2D eigenvalue weighted by molar-refractivity contribution is 7.27. The number of nitriles is 1. The molecule has 4 heterocycles. The molecule has 0 amide bonds. The summed E-state index contributed by atoms with van der Waals surface area (Å²) in [5.74, 6) is 0. The van der Waals surface area contributed by atoms with Crippen molar-refractivity contribution in [2.45, 2.75) is 0 Å². The van der Waals surface area contributed by atoms with Crippen LogP contribution in [0.1, 0.15) is 5.56 Å². The topological polar surface area (TPSA) is 38.0 Å². The van der Waals surface area contributed by atoms with Gasteiger partial charge in [0, 0.05) is 63.6 Å². The molecule has 0 saturated heterocycles. The van der Waals surface area contributed by atoms with Crippen LogP contribution in [0.4, 0.5) is 5.69 Å². The van der Waals surface area contributed by atoms with Gasteiger partial charge in [0.1, 0.15) is 6.07 Å². The van der Waals surface area contributed by atoms with Gasteiger partial charge in [0.15, 0.2) is 0 Å². The molecule has 0 fully saturated rings. The lowest BCUT2D eigenvalue weighted by Gasteiger charge is -2.26. The molecule has 0 aliphatic heterocycles. The van der Waals surface area contributed by atoms with Crippen LogP contribution in [0.25, 0.3) is 145 Å². The Balaban J connectivity index is 1.23. The monoisotopic (exact) mass is 974 g/mol. The van der Waals surface area contributed by atoms with E-state index in [-0.39, 0.29) is 0 Å². The van der Waals surface area contributed by atoms with E-state index in [0.717, 1.165) is 103 Å². The number of aromatic nitrogens is 2. The average Bonchev–Trinajstić information content (AvgIpc) is 4.27. The fourth-order valence-electron chi connectivity index (χ4n) is 12.0. The van der Waals surface area contributed by atoms with E-state index in [2.05, 4.69) is 214 Å². The Bertz CT molecular complexity index is 4770. The minimum atomic E-state index is 0.409. The second kappa shape index (κ2) is 16.5. The molecule has 11 aromatic carbocycles. The zero-order valence-corrected chi connectivity index (χ0v) is 41.2. The summed E-state index contributed by atoms with van der Waals surface area (Å²) in [7, 11) is 0. The third kappa shape index (κ3) is 5.99. The Kier molecular flexibility index (Phi) is 9.40. The number of hydrogen-bond acceptors (Lipinski definition) is 3. The minimum Gasteiger partial charge on any atom is -0.318 e. The predicted octanol–water partition coefficient (Wildman–Crippen LogP) is 19.7. The molecule has 0 unspecified atom stereocenters. The molecule has 0 spiro atoms. The Hall–Kier alpha value is -9.56. The Labute approximate surface area is 433 Å². The first-order valence-electron chi connectivity index (χ1n) is 24.7. The van der Waals surface area contributed by atoms with Gasteiger partial charge in [0.25, 0.3) is 0 Å². The van der Waals surface area contributed by atoms with Crippen LogP contribution in [-0.4, -0.2) is 9.13 Å². The van der Waals surface area contributed by atoms with Crippen molar-refractivity contribution in [3.63, 3.8) is 0 Å². The van der Waals surface area contributed by atoms with E-state index in [0.29, 0.717) is 16.8 Å². The molecule has 0 aliphatic rings. The summed E-state index contributed by atoms with van der Waals surface area (Å²) in [6, 6.07) is 84.4. The van der Waals surface area contributed by atoms with Crippen molar-refractivity contribution in [3.8, 4) is 62.0 Å². The maximum absolute atomic E-state index is 12.2. The molecule has 0 atom stereocenters. The number of nitrogens with zero attached hydrogens (tertiary/aromatic N) is 4. The maximum atomic E-state index is 12.2. The minimum absolute atomic E-state index is 0.409. The fourth-order valence-corrected chi connectivity index (χ4v) is 14.4. The summed E-state index contributed by atoms with van der Waals surface area (Å²) in [4.78, 5) is 4.63. The molecule has 0 saturated carbocycles. The lowest BCUT2D eigenvalue weighted by atomic mass is 9.88. The summed E-state index contributed by atoms with van der Waals surface area (Å²) in [6.07, 6.45) is 0. The summed E-state index contributed by atoms with van der Waals surface area (Å²) in [5, 5.41) is 21.4. The quantitative estimate of drug-likeness (QED) is 0.153. The van der Waals surface area contributed by atoms with Crippen LogP contribution in [0.2, 0.25) is 0 Å². The van der Waals surface area contributed by atoms with Crippen LogP contribution in [0.15, 0.2) is 231 Å². The standard InChI is InChI=1S/C68H38N4S2/c1-70-62-59(43-24-10-4-11-25-43)53(40-69)63(72-64-48(34-36-50-46-28-15-18-32-56(46)73-67(50)64)49-35-37-51-47-29-16-19-33-57(47)74-68(51)65(49)72)60(44-26-12-5-13-27-44)66(62)71-54-31-17-14-30-52(54)61-55(71)39-38-45(41-20-6-2-7-21-41)58(61)42-22-8-3-9-23-42/h2-39H. The van der Waals surface area contributed by atoms with Crippen molar-refractivity contribution in [2.75, 3.05) is 0 Å². The van der Waals surface area contributed by atoms with E-state index >= 15 is 0 Å². The number of rotatable bonds is 6. The highest BCUT2D eigenvalue weighted by Crippen LogP contribution is 2.55. The van der Waals surface area contributed by atoms with Gasteiger partial charge < -0.3 is 9.13 Å². The molecular weight excluding hydrogens is 937 g/mol. The van der Waals surface area contributed by atoms with E-state index in [1.807, 2.05) is 36.4 Å². The number of hydrogen-bond donors (Lipinski definition) is 0. The van der Waals surface area contributed by atoms with Gasteiger partial charge in [0.2, 0.25) is 5.69 Å². The molecular formula is C68H38N4S2. The van der Waals surface area contributed by atoms with Crippen LogP contribution < -0.4 is 0 Å². The van der Waals surface area contributed by atoms with Crippen LogP contribution in [0.5, 0.6) is 0 Å². The highest BCUT2D eigenvalue weighted by Gasteiger charge is 2.33. The van der Waals surface area contributed by atoms with Crippen molar-refractivity contribution >= 4 is 112 Å². The third-order valence-corrected chi connectivity index (χ3v) is 17.4. The van der Waals surface area contributed by atoms with Gasteiger partial charge in [-0.2, -0.15) is 5.26 Å². The zero-order chi connectivity index (χ0) is 49.0. The third-order valence-electron chi connectivity index (χ3n) is 15.0. The predicted molar refractivity (Wildman–Crippen MR) is 314 cm³/mol. The fraction of sp³-hybridized carbons (Fsp3) is 0. The van der Waals surface area contributed by atoms with E-state index in [1.165, 1.54) is 30.9 Å². The van der Waals surface area contributed by atoms with E-state index in [9.17, 15) is 11.8 Å². The molecule has 0 aliphatic carbocycles. The van der Waals surface area contributed by atoms with Crippen LogP contribution in [0, 0.1) is 17.9 Å². The van der Waals surface area contributed by atoms with Crippen molar-refractivity contribution in [3.05, 3.63) is 248 Å². The second-order valence-corrected chi connectivity index (χ2v) is 20.9. The Morgan fingerprint density at radius 1 is 0.378 bits per heavy atom. The first-order chi connectivity index (χ1) is 36.7.